The number of hydrogen-bond donors (Lipinski definition) is 0. The maximum absolute atomic E-state index is 10.6. The zero-order chi connectivity index (χ0) is 10.7. The molecule has 1 aromatic rings. The Labute approximate surface area is 87.7 Å². The third kappa shape index (κ3) is 2.04. The van der Waals surface area contributed by atoms with Crippen molar-refractivity contribution in [1.82, 2.24) is 0 Å². The van der Waals surface area contributed by atoms with E-state index in [1.54, 1.807) is 13.0 Å². The highest BCUT2D eigenvalue weighted by atomic mass is 79.9. The molecule has 0 bridgehead atoms. The lowest BCUT2D eigenvalue weighted by Crippen LogP contribution is -1.90. The van der Waals surface area contributed by atoms with Gasteiger partial charge in [-0.2, -0.15) is 4.99 Å². The molecule has 72 valence electrons. The number of benzene rings is 1. The largest absolute Gasteiger partial charge is 0.285 e. The van der Waals surface area contributed by atoms with Crippen molar-refractivity contribution in [2.75, 3.05) is 0 Å². The molecule has 0 heterocycles. The summed E-state index contributed by atoms with van der Waals surface area (Å²) in [7, 11) is 0. The van der Waals surface area contributed by atoms with E-state index in [4.69, 9.17) is 0 Å². The Bertz CT molecular complexity index is 438. The Kier molecular flexibility index (Phi) is 3.11. The van der Waals surface area contributed by atoms with Gasteiger partial charge in [0.2, 0.25) is 6.08 Å². The van der Waals surface area contributed by atoms with Gasteiger partial charge >= 0.3 is 0 Å². The van der Waals surface area contributed by atoms with Crippen molar-refractivity contribution in [3.8, 4) is 0 Å². The first-order valence-electron chi connectivity index (χ1n) is 3.58. The van der Waals surface area contributed by atoms with Crippen molar-refractivity contribution in [1.29, 1.82) is 0 Å². The first kappa shape index (κ1) is 10.6. The molecule has 6 heteroatoms. The molecule has 0 aliphatic rings. The van der Waals surface area contributed by atoms with Gasteiger partial charge in [0.25, 0.3) is 5.69 Å². The average molecular weight is 257 g/mol. The molecule has 0 unspecified atom stereocenters. The summed E-state index contributed by atoms with van der Waals surface area (Å²) in [5.74, 6) is 0. The second-order valence-electron chi connectivity index (χ2n) is 2.56. The summed E-state index contributed by atoms with van der Waals surface area (Å²) in [5.41, 5.74) is 0.764. The van der Waals surface area contributed by atoms with Crippen LogP contribution in [-0.2, 0) is 4.79 Å². The lowest BCUT2D eigenvalue weighted by molar-refractivity contribution is -0.385. The summed E-state index contributed by atoms with van der Waals surface area (Å²) >= 11 is 3.08. The molecule has 0 N–H and O–H groups in total. The number of aryl methyl sites for hydroxylation is 1. The van der Waals surface area contributed by atoms with Crippen LogP contribution in [0.5, 0.6) is 0 Å². The minimum atomic E-state index is -0.541. The van der Waals surface area contributed by atoms with Crippen LogP contribution in [0.2, 0.25) is 0 Å². The SMILES string of the molecule is Cc1cc(N=C=O)cc([N+](=O)[O-])c1Br. The van der Waals surface area contributed by atoms with E-state index in [9.17, 15) is 14.9 Å². The second-order valence-corrected chi connectivity index (χ2v) is 3.35. The molecular formula is C8H5BrN2O3. The molecule has 1 rings (SSSR count). The normalized spacial score (nSPS) is 9.29. The van der Waals surface area contributed by atoms with E-state index in [0.29, 0.717) is 10.0 Å². The second kappa shape index (κ2) is 4.13. The predicted octanol–water partition coefficient (Wildman–Crippen LogP) is 2.63. The van der Waals surface area contributed by atoms with Gasteiger partial charge in [-0.05, 0) is 34.5 Å². The quantitative estimate of drug-likeness (QED) is 0.354. The van der Waals surface area contributed by atoms with Crippen molar-refractivity contribution in [3.05, 3.63) is 32.3 Å². The molecule has 0 aliphatic heterocycles. The van der Waals surface area contributed by atoms with Gasteiger partial charge in [0, 0.05) is 6.07 Å². The van der Waals surface area contributed by atoms with Gasteiger partial charge in [0.1, 0.15) is 0 Å². The molecule has 0 amide bonds. The molecule has 1 aromatic carbocycles. The van der Waals surface area contributed by atoms with E-state index >= 15 is 0 Å². The van der Waals surface area contributed by atoms with Gasteiger partial charge in [-0.1, -0.05) is 0 Å². The van der Waals surface area contributed by atoms with Crippen molar-refractivity contribution in [3.63, 3.8) is 0 Å². The molecule has 0 radical (unpaired) electrons. The fourth-order valence-electron chi connectivity index (χ4n) is 0.982. The number of nitro benzene ring substituents is 1. The van der Waals surface area contributed by atoms with Crippen molar-refractivity contribution in [2.24, 2.45) is 4.99 Å². The Hall–Kier alpha value is -1.52. The zero-order valence-corrected chi connectivity index (χ0v) is 8.74. The molecule has 0 spiro atoms. The van der Waals surface area contributed by atoms with Crippen LogP contribution in [-0.4, -0.2) is 11.0 Å². The number of halogens is 1. The van der Waals surface area contributed by atoms with Crippen LogP contribution in [0.1, 0.15) is 5.56 Å². The number of carbonyl (C=O) groups excluding carboxylic acids is 1. The van der Waals surface area contributed by atoms with Gasteiger partial charge in [0.15, 0.2) is 0 Å². The third-order valence-corrected chi connectivity index (χ3v) is 2.62. The summed E-state index contributed by atoms with van der Waals surface area (Å²) in [6.45, 7) is 1.68. The Morgan fingerprint density at radius 1 is 1.57 bits per heavy atom. The molecule has 0 aliphatic carbocycles. The molecule has 0 saturated heterocycles. The van der Waals surface area contributed by atoms with Crippen LogP contribution in [0.15, 0.2) is 21.6 Å². The fraction of sp³-hybridized carbons (Fsp3) is 0.125. The Morgan fingerprint density at radius 2 is 2.21 bits per heavy atom. The number of hydrogen-bond acceptors (Lipinski definition) is 4. The molecule has 0 aromatic heterocycles. The highest BCUT2D eigenvalue weighted by molar-refractivity contribution is 9.10. The van der Waals surface area contributed by atoms with E-state index in [2.05, 4.69) is 20.9 Å². The van der Waals surface area contributed by atoms with Gasteiger partial charge < -0.3 is 0 Å². The monoisotopic (exact) mass is 256 g/mol. The molecule has 0 atom stereocenters. The number of isocyanates is 1. The van der Waals surface area contributed by atoms with Crippen molar-refractivity contribution >= 4 is 33.4 Å². The molecule has 5 nitrogen and oxygen atoms in total. The molecule has 0 saturated carbocycles. The molecular weight excluding hydrogens is 252 g/mol. The van der Waals surface area contributed by atoms with E-state index < -0.39 is 4.92 Å². The predicted molar refractivity (Wildman–Crippen MR) is 53.3 cm³/mol. The highest BCUT2D eigenvalue weighted by Crippen LogP contribution is 2.32. The molecule has 14 heavy (non-hydrogen) atoms. The van der Waals surface area contributed by atoms with Crippen LogP contribution >= 0.6 is 15.9 Å². The summed E-state index contributed by atoms with van der Waals surface area (Å²) in [6, 6.07) is 2.77. The van der Waals surface area contributed by atoms with Crippen LogP contribution in [0.4, 0.5) is 11.4 Å². The van der Waals surface area contributed by atoms with Crippen molar-refractivity contribution < 1.29 is 9.72 Å². The van der Waals surface area contributed by atoms with Gasteiger partial charge in [-0.15, -0.1) is 0 Å². The maximum atomic E-state index is 10.6. The first-order valence-corrected chi connectivity index (χ1v) is 4.38. The smallest absolute Gasteiger partial charge is 0.258 e. The topological polar surface area (TPSA) is 72.6 Å². The zero-order valence-electron chi connectivity index (χ0n) is 7.15. The Morgan fingerprint density at radius 3 is 2.71 bits per heavy atom. The maximum Gasteiger partial charge on any atom is 0.285 e. The lowest BCUT2D eigenvalue weighted by atomic mass is 10.2. The van der Waals surface area contributed by atoms with Gasteiger partial charge in [-0.3, -0.25) is 10.1 Å². The standard InChI is InChI=1S/C8H5BrN2O3/c1-5-2-6(10-4-12)3-7(8(5)9)11(13)14/h2-3H,1H3. The van der Waals surface area contributed by atoms with Gasteiger partial charge in [-0.25, -0.2) is 4.79 Å². The van der Waals surface area contributed by atoms with E-state index in [-0.39, 0.29) is 11.4 Å². The minimum absolute atomic E-state index is 0.112. The van der Waals surface area contributed by atoms with Gasteiger partial charge in [0.05, 0.1) is 15.1 Å². The van der Waals surface area contributed by atoms with Crippen LogP contribution in [0.25, 0.3) is 0 Å². The van der Waals surface area contributed by atoms with Crippen LogP contribution < -0.4 is 0 Å². The summed E-state index contributed by atoms with van der Waals surface area (Å²) in [6.07, 6.45) is 1.33. The van der Waals surface area contributed by atoms with E-state index in [1.165, 1.54) is 12.1 Å². The number of rotatable bonds is 2. The minimum Gasteiger partial charge on any atom is -0.258 e. The average Bonchev–Trinajstić information content (AvgIpc) is 2.11. The lowest BCUT2D eigenvalue weighted by Gasteiger charge is -2.00. The Balaban J connectivity index is 3.42. The summed E-state index contributed by atoms with van der Waals surface area (Å²) in [4.78, 5) is 23.3. The van der Waals surface area contributed by atoms with Crippen LogP contribution in [0.3, 0.4) is 0 Å². The third-order valence-electron chi connectivity index (χ3n) is 1.59. The van der Waals surface area contributed by atoms with Crippen molar-refractivity contribution in [2.45, 2.75) is 6.92 Å². The molecule has 0 fully saturated rings. The van der Waals surface area contributed by atoms with Crippen LogP contribution in [0, 0.1) is 17.0 Å². The highest BCUT2D eigenvalue weighted by Gasteiger charge is 2.15. The van der Waals surface area contributed by atoms with E-state index in [0.717, 1.165) is 0 Å². The summed E-state index contributed by atoms with van der Waals surface area (Å²) < 4.78 is 0.396. The number of nitrogens with zero attached hydrogens (tertiary/aromatic N) is 2. The fourth-order valence-corrected chi connectivity index (χ4v) is 1.36. The van der Waals surface area contributed by atoms with E-state index in [1.807, 2.05) is 0 Å². The number of nitro groups is 1. The first-order chi connectivity index (χ1) is 6.56. The number of aliphatic imine (C=N–C) groups is 1. The summed E-state index contributed by atoms with van der Waals surface area (Å²) in [5, 5.41) is 10.6.